The van der Waals surface area contributed by atoms with E-state index < -0.39 is 15.9 Å². The van der Waals surface area contributed by atoms with E-state index in [4.69, 9.17) is 0 Å². The molecule has 0 aromatic heterocycles. The molecular formula is C15H20N2O3S. The van der Waals surface area contributed by atoms with Gasteiger partial charge in [-0.3, -0.25) is 4.79 Å². The highest BCUT2D eigenvalue weighted by atomic mass is 32.2. The molecule has 1 fully saturated rings. The summed E-state index contributed by atoms with van der Waals surface area (Å²) >= 11 is 0. The van der Waals surface area contributed by atoms with Crippen molar-refractivity contribution >= 4 is 21.6 Å². The maximum Gasteiger partial charge on any atom is 0.282 e. The second kappa shape index (κ2) is 5.97. The number of benzene rings is 1. The van der Waals surface area contributed by atoms with Crippen LogP contribution >= 0.6 is 0 Å². The van der Waals surface area contributed by atoms with Crippen molar-refractivity contribution in [1.82, 2.24) is 4.90 Å². The molecule has 114 valence electrons. The molecule has 1 atom stereocenters. The first-order valence-corrected chi connectivity index (χ1v) is 8.52. The maximum absolute atomic E-state index is 12.3. The van der Waals surface area contributed by atoms with Gasteiger partial charge in [-0.25, -0.2) is 0 Å². The van der Waals surface area contributed by atoms with Gasteiger partial charge in [0.1, 0.15) is 0 Å². The Morgan fingerprint density at radius 2 is 1.86 bits per heavy atom. The van der Waals surface area contributed by atoms with Crippen LogP contribution in [-0.4, -0.2) is 38.0 Å². The van der Waals surface area contributed by atoms with Gasteiger partial charge in [0.05, 0.1) is 23.1 Å². The van der Waals surface area contributed by atoms with Gasteiger partial charge >= 0.3 is 0 Å². The van der Waals surface area contributed by atoms with Gasteiger partial charge in [0.2, 0.25) is 5.91 Å². The Morgan fingerprint density at radius 1 is 1.24 bits per heavy atom. The molecule has 1 aromatic rings. The highest BCUT2D eigenvalue weighted by Crippen LogP contribution is 2.22. The number of rotatable bonds is 4. The Labute approximate surface area is 125 Å². The monoisotopic (exact) mass is 308 g/mol. The largest absolute Gasteiger partial charge is 0.337 e. The number of amides is 1. The molecule has 0 aliphatic carbocycles. The molecule has 2 rings (SSSR count). The van der Waals surface area contributed by atoms with Crippen molar-refractivity contribution in [2.45, 2.75) is 32.1 Å². The minimum atomic E-state index is -3.75. The average Bonchev–Trinajstić information content (AvgIpc) is 2.74. The normalized spacial score (nSPS) is 21.3. The first kappa shape index (κ1) is 15.7. The third-order valence-corrected chi connectivity index (χ3v) is 5.05. The summed E-state index contributed by atoms with van der Waals surface area (Å²) in [6.07, 6.45) is 0.567. The first-order chi connectivity index (χ1) is 9.89. The van der Waals surface area contributed by atoms with Crippen LogP contribution in [0.2, 0.25) is 0 Å². The molecule has 1 unspecified atom stereocenters. The second-order valence-corrected chi connectivity index (χ2v) is 6.79. The molecule has 1 amide bonds. The molecule has 6 heteroatoms. The van der Waals surface area contributed by atoms with Gasteiger partial charge in [0, 0.05) is 6.54 Å². The van der Waals surface area contributed by atoms with E-state index in [-0.39, 0.29) is 10.8 Å². The van der Waals surface area contributed by atoms with Crippen LogP contribution < -0.4 is 0 Å². The molecule has 21 heavy (non-hydrogen) atoms. The van der Waals surface area contributed by atoms with Crippen molar-refractivity contribution in [3.05, 3.63) is 29.8 Å². The fraction of sp³-hybridized carbons (Fsp3) is 0.467. The molecule has 1 aliphatic heterocycles. The predicted octanol–water partition coefficient (Wildman–Crippen LogP) is 2.01. The van der Waals surface area contributed by atoms with Crippen molar-refractivity contribution in [3.8, 4) is 0 Å². The third-order valence-electron chi connectivity index (χ3n) is 3.71. The Hall–Kier alpha value is -1.69. The van der Waals surface area contributed by atoms with Gasteiger partial charge in [-0.2, -0.15) is 12.8 Å². The predicted molar refractivity (Wildman–Crippen MR) is 81.8 cm³/mol. The quantitative estimate of drug-likeness (QED) is 0.854. The highest BCUT2D eigenvalue weighted by Gasteiger charge is 2.36. The van der Waals surface area contributed by atoms with E-state index in [0.29, 0.717) is 25.2 Å². The zero-order valence-corrected chi connectivity index (χ0v) is 13.4. The van der Waals surface area contributed by atoms with Crippen molar-refractivity contribution < 1.29 is 13.2 Å². The van der Waals surface area contributed by atoms with Crippen LogP contribution in [0.5, 0.6) is 0 Å². The van der Waals surface area contributed by atoms with Crippen LogP contribution in [-0.2, 0) is 14.8 Å². The summed E-state index contributed by atoms with van der Waals surface area (Å²) in [6.45, 7) is 6.51. The first-order valence-electron chi connectivity index (χ1n) is 7.08. The Balaban J connectivity index is 2.37. The van der Waals surface area contributed by atoms with Crippen molar-refractivity contribution in [2.75, 3.05) is 13.1 Å². The van der Waals surface area contributed by atoms with Crippen LogP contribution in [0.15, 0.2) is 33.6 Å². The number of carbonyl (C=O) groups is 1. The number of hydrogen-bond acceptors (Lipinski definition) is 3. The molecule has 1 aliphatic rings. The lowest BCUT2D eigenvalue weighted by atomic mass is 10.0. The van der Waals surface area contributed by atoms with Crippen LogP contribution in [0.1, 0.15) is 25.8 Å². The van der Waals surface area contributed by atoms with Crippen molar-refractivity contribution in [1.29, 1.82) is 0 Å². The third kappa shape index (κ3) is 3.15. The molecular weight excluding hydrogens is 288 g/mol. The van der Waals surface area contributed by atoms with Gasteiger partial charge in [-0.05, 0) is 32.4 Å². The standard InChI is InChI=1S/C15H20N2O3S/c1-4-13-14(10-17(5-2)15(13)18)16-21(19,20)12-8-6-11(3)7-9-12/h6-9,13H,4-5,10H2,1-3H3/b16-14+. The number of sulfonamides is 1. The minimum Gasteiger partial charge on any atom is -0.337 e. The van der Waals surface area contributed by atoms with Crippen molar-refractivity contribution in [3.63, 3.8) is 0 Å². The fourth-order valence-electron chi connectivity index (χ4n) is 2.43. The molecule has 1 aromatic carbocycles. The summed E-state index contributed by atoms with van der Waals surface area (Å²) < 4.78 is 28.6. The summed E-state index contributed by atoms with van der Waals surface area (Å²) in [5, 5.41) is 0. The van der Waals surface area contributed by atoms with Gasteiger partial charge in [0.25, 0.3) is 10.0 Å². The molecule has 0 spiro atoms. The zero-order chi connectivity index (χ0) is 15.6. The smallest absolute Gasteiger partial charge is 0.282 e. The molecule has 5 nitrogen and oxygen atoms in total. The van der Waals surface area contributed by atoms with E-state index in [1.54, 1.807) is 29.2 Å². The molecule has 0 N–H and O–H groups in total. The molecule has 0 saturated carbocycles. The lowest BCUT2D eigenvalue weighted by molar-refractivity contribution is -0.130. The maximum atomic E-state index is 12.3. The zero-order valence-electron chi connectivity index (χ0n) is 12.5. The number of nitrogens with zero attached hydrogens (tertiary/aromatic N) is 2. The van der Waals surface area contributed by atoms with Gasteiger partial charge < -0.3 is 4.90 Å². The van der Waals surface area contributed by atoms with Gasteiger partial charge in [0.15, 0.2) is 0 Å². The van der Waals surface area contributed by atoms with Crippen LogP contribution in [0, 0.1) is 12.8 Å². The highest BCUT2D eigenvalue weighted by molar-refractivity contribution is 7.90. The molecule has 1 heterocycles. The average molecular weight is 308 g/mol. The SMILES string of the molecule is CCC1C(=O)N(CC)C/C1=N\S(=O)(=O)c1ccc(C)cc1. The van der Waals surface area contributed by atoms with E-state index >= 15 is 0 Å². The summed E-state index contributed by atoms with van der Waals surface area (Å²) in [5.41, 5.74) is 1.44. The summed E-state index contributed by atoms with van der Waals surface area (Å²) in [7, 11) is -3.75. The lowest BCUT2D eigenvalue weighted by Crippen LogP contribution is -2.26. The van der Waals surface area contributed by atoms with E-state index in [1.807, 2.05) is 20.8 Å². The second-order valence-electron chi connectivity index (χ2n) is 5.18. The number of likely N-dealkylation sites (tertiary alicyclic amines) is 1. The Kier molecular flexibility index (Phi) is 4.46. The Morgan fingerprint density at radius 3 is 2.38 bits per heavy atom. The number of aryl methyl sites for hydroxylation is 1. The Bertz CT molecular complexity index is 663. The van der Waals surface area contributed by atoms with Gasteiger partial charge in [-0.15, -0.1) is 0 Å². The molecule has 1 saturated heterocycles. The number of hydrogen-bond donors (Lipinski definition) is 0. The topological polar surface area (TPSA) is 66.8 Å². The molecule has 0 bridgehead atoms. The summed E-state index contributed by atoms with van der Waals surface area (Å²) in [6, 6.07) is 6.57. The van der Waals surface area contributed by atoms with Crippen molar-refractivity contribution in [2.24, 2.45) is 10.3 Å². The van der Waals surface area contributed by atoms with Gasteiger partial charge in [-0.1, -0.05) is 24.6 Å². The fourth-order valence-corrected chi connectivity index (χ4v) is 3.51. The van der Waals surface area contributed by atoms with Crippen LogP contribution in [0.4, 0.5) is 0 Å². The van der Waals surface area contributed by atoms with Crippen LogP contribution in [0.25, 0.3) is 0 Å². The van der Waals surface area contributed by atoms with E-state index in [9.17, 15) is 13.2 Å². The molecule has 0 radical (unpaired) electrons. The van der Waals surface area contributed by atoms with E-state index in [1.165, 1.54) is 0 Å². The summed E-state index contributed by atoms with van der Waals surface area (Å²) in [5.74, 6) is -0.442. The summed E-state index contributed by atoms with van der Waals surface area (Å²) in [4.78, 5) is 13.9. The number of carbonyl (C=O) groups excluding carboxylic acids is 1. The van der Waals surface area contributed by atoms with Crippen LogP contribution in [0.3, 0.4) is 0 Å². The van der Waals surface area contributed by atoms with E-state index in [2.05, 4.69) is 4.40 Å². The lowest BCUT2D eigenvalue weighted by Gasteiger charge is -2.11. The minimum absolute atomic E-state index is 0.0298. The van der Waals surface area contributed by atoms with E-state index in [0.717, 1.165) is 5.56 Å².